The van der Waals surface area contributed by atoms with Gasteiger partial charge in [0, 0.05) is 29.9 Å². The molecule has 0 aromatic heterocycles. The van der Waals surface area contributed by atoms with E-state index in [1.807, 2.05) is 37.3 Å². The third kappa shape index (κ3) is 3.33. The van der Waals surface area contributed by atoms with Crippen LogP contribution in [0.4, 0.5) is 10.1 Å². The van der Waals surface area contributed by atoms with Crippen molar-refractivity contribution in [3.05, 3.63) is 65.5 Å². The number of halogens is 1. The maximum Gasteiger partial charge on any atom is 0.128 e. The monoisotopic (exact) mass is 288 g/mol. The number of thiocarbonyl (C=S) groups is 1. The average molecular weight is 288 g/mol. The minimum Gasteiger partial charge on any atom is -0.389 e. The van der Waals surface area contributed by atoms with Gasteiger partial charge in [-0.1, -0.05) is 42.5 Å². The molecule has 104 valence electrons. The predicted molar refractivity (Wildman–Crippen MR) is 85.5 cm³/mol. The Balaban J connectivity index is 2.22. The van der Waals surface area contributed by atoms with Crippen LogP contribution < -0.4 is 10.6 Å². The summed E-state index contributed by atoms with van der Waals surface area (Å²) in [4.78, 5) is 2.32. The number of hydrogen-bond donors (Lipinski definition) is 1. The van der Waals surface area contributed by atoms with Crippen molar-refractivity contribution in [2.24, 2.45) is 5.73 Å². The summed E-state index contributed by atoms with van der Waals surface area (Å²) in [6, 6.07) is 14.9. The van der Waals surface area contributed by atoms with Crippen LogP contribution in [0.3, 0.4) is 0 Å². The first kappa shape index (κ1) is 14.5. The molecule has 2 aromatic carbocycles. The van der Waals surface area contributed by atoms with E-state index in [0.29, 0.717) is 17.7 Å². The molecule has 0 aliphatic rings. The minimum absolute atomic E-state index is 0.214. The second kappa shape index (κ2) is 6.48. The average Bonchev–Trinajstić information content (AvgIpc) is 2.46. The van der Waals surface area contributed by atoms with Crippen molar-refractivity contribution >= 4 is 22.9 Å². The zero-order valence-electron chi connectivity index (χ0n) is 11.3. The molecule has 2 nitrogen and oxygen atoms in total. The third-order valence-electron chi connectivity index (χ3n) is 3.20. The fourth-order valence-electron chi connectivity index (χ4n) is 2.06. The highest BCUT2D eigenvalue weighted by Crippen LogP contribution is 2.19. The molecule has 20 heavy (non-hydrogen) atoms. The Hall–Kier alpha value is -1.94. The van der Waals surface area contributed by atoms with E-state index in [0.717, 1.165) is 12.2 Å². The maximum atomic E-state index is 14.1. The Morgan fingerprint density at radius 1 is 1.20 bits per heavy atom. The molecule has 2 rings (SSSR count). The van der Waals surface area contributed by atoms with E-state index in [9.17, 15) is 4.39 Å². The van der Waals surface area contributed by atoms with Gasteiger partial charge in [-0.05, 0) is 25.1 Å². The lowest BCUT2D eigenvalue weighted by Crippen LogP contribution is -2.22. The first-order chi connectivity index (χ1) is 9.61. The van der Waals surface area contributed by atoms with Gasteiger partial charge in [-0.2, -0.15) is 0 Å². The molecule has 2 N–H and O–H groups in total. The second-order valence-corrected chi connectivity index (χ2v) is 4.96. The van der Waals surface area contributed by atoms with Crippen molar-refractivity contribution < 1.29 is 4.39 Å². The molecular formula is C16H17FN2S. The van der Waals surface area contributed by atoms with Crippen molar-refractivity contribution in [1.29, 1.82) is 0 Å². The van der Waals surface area contributed by atoms with Gasteiger partial charge < -0.3 is 10.6 Å². The van der Waals surface area contributed by atoms with Crippen LogP contribution in [-0.2, 0) is 6.54 Å². The van der Waals surface area contributed by atoms with Crippen LogP contribution in [-0.4, -0.2) is 11.5 Å². The van der Waals surface area contributed by atoms with Crippen LogP contribution in [0.5, 0.6) is 0 Å². The number of rotatable bonds is 5. The number of nitrogens with two attached hydrogens (primary N) is 1. The predicted octanol–water partition coefficient (Wildman–Crippen LogP) is 3.49. The lowest BCUT2D eigenvalue weighted by molar-refractivity contribution is 0.605. The minimum atomic E-state index is -0.273. The summed E-state index contributed by atoms with van der Waals surface area (Å²) >= 11 is 4.85. The van der Waals surface area contributed by atoms with E-state index in [4.69, 9.17) is 18.0 Å². The normalized spacial score (nSPS) is 10.3. The Labute approximate surface area is 124 Å². The molecule has 0 aliphatic heterocycles. The van der Waals surface area contributed by atoms with Gasteiger partial charge in [-0.3, -0.25) is 0 Å². The van der Waals surface area contributed by atoms with E-state index < -0.39 is 0 Å². The summed E-state index contributed by atoms with van der Waals surface area (Å²) in [5.41, 5.74) is 7.78. The SMILES string of the molecule is CCN(Cc1ccc(C(N)=S)cc1F)c1ccccc1. The molecule has 0 saturated heterocycles. The molecule has 2 aromatic rings. The molecule has 0 fully saturated rings. The van der Waals surface area contributed by atoms with Crippen molar-refractivity contribution in [1.82, 2.24) is 0 Å². The highest BCUT2D eigenvalue weighted by Gasteiger charge is 2.10. The number of nitrogens with zero attached hydrogens (tertiary/aromatic N) is 1. The van der Waals surface area contributed by atoms with Gasteiger partial charge in [-0.15, -0.1) is 0 Å². The Morgan fingerprint density at radius 2 is 1.90 bits per heavy atom. The molecule has 0 spiro atoms. The van der Waals surface area contributed by atoms with E-state index >= 15 is 0 Å². The van der Waals surface area contributed by atoms with Crippen LogP contribution in [0.1, 0.15) is 18.1 Å². The standard InChI is InChI=1S/C16H17FN2S/c1-2-19(14-6-4-3-5-7-14)11-13-9-8-12(16(18)20)10-15(13)17/h3-10H,2,11H2,1H3,(H2,18,20). The highest BCUT2D eigenvalue weighted by atomic mass is 32.1. The summed E-state index contributed by atoms with van der Waals surface area (Å²) in [7, 11) is 0. The fourth-order valence-corrected chi connectivity index (χ4v) is 2.19. The number of benzene rings is 2. The van der Waals surface area contributed by atoms with Gasteiger partial charge in [0.15, 0.2) is 0 Å². The quantitative estimate of drug-likeness (QED) is 0.854. The number of anilines is 1. The first-order valence-corrected chi connectivity index (χ1v) is 6.91. The van der Waals surface area contributed by atoms with E-state index in [1.54, 1.807) is 12.1 Å². The van der Waals surface area contributed by atoms with Crippen LogP contribution >= 0.6 is 12.2 Å². The topological polar surface area (TPSA) is 29.3 Å². The van der Waals surface area contributed by atoms with Gasteiger partial charge >= 0.3 is 0 Å². The Bertz CT molecular complexity index is 599. The van der Waals surface area contributed by atoms with Crippen molar-refractivity contribution in [3.8, 4) is 0 Å². The number of hydrogen-bond acceptors (Lipinski definition) is 2. The maximum absolute atomic E-state index is 14.1. The van der Waals surface area contributed by atoms with Crippen LogP contribution in [0.15, 0.2) is 48.5 Å². The van der Waals surface area contributed by atoms with Crippen LogP contribution in [0, 0.1) is 5.82 Å². The summed E-state index contributed by atoms with van der Waals surface area (Å²) in [6.07, 6.45) is 0. The molecule has 0 heterocycles. The van der Waals surface area contributed by atoms with E-state index in [1.165, 1.54) is 6.07 Å². The summed E-state index contributed by atoms with van der Waals surface area (Å²) < 4.78 is 14.1. The zero-order chi connectivity index (χ0) is 14.5. The van der Waals surface area contributed by atoms with E-state index in [-0.39, 0.29) is 10.8 Å². The van der Waals surface area contributed by atoms with Gasteiger partial charge in [0.25, 0.3) is 0 Å². The zero-order valence-corrected chi connectivity index (χ0v) is 12.2. The molecule has 4 heteroatoms. The molecular weight excluding hydrogens is 271 g/mol. The number of para-hydroxylation sites is 1. The lowest BCUT2D eigenvalue weighted by atomic mass is 10.1. The fraction of sp³-hybridized carbons (Fsp3) is 0.188. The third-order valence-corrected chi connectivity index (χ3v) is 3.44. The van der Waals surface area contributed by atoms with Gasteiger partial charge in [0.2, 0.25) is 0 Å². The molecule has 0 aliphatic carbocycles. The molecule has 0 radical (unpaired) electrons. The van der Waals surface area contributed by atoms with Crippen LogP contribution in [0.2, 0.25) is 0 Å². The lowest BCUT2D eigenvalue weighted by Gasteiger charge is -2.23. The summed E-state index contributed by atoms with van der Waals surface area (Å²) in [6.45, 7) is 3.37. The largest absolute Gasteiger partial charge is 0.389 e. The molecule has 0 unspecified atom stereocenters. The molecule has 0 saturated carbocycles. The van der Waals surface area contributed by atoms with Crippen molar-refractivity contribution in [3.63, 3.8) is 0 Å². The van der Waals surface area contributed by atoms with E-state index in [2.05, 4.69) is 4.90 Å². The van der Waals surface area contributed by atoms with Gasteiger partial charge in [0.05, 0.1) is 0 Å². The van der Waals surface area contributed by atoms with Crippen LogP contribution in [0.25, 0.3) is 0 Å². The molecule has 0 bridgehead atoms. The highest BCUT2D eigenvalue weighted by molar-refractivity contribution is 7.80. The smallest absolute Gasteiger partial charge is 0.128 e. The molecule has 0 amide bonds. The summed E-state index contributed by atoms with van der Waals surface area (Å²) in [5, 5.41) is 0. The van der Waals surface area contributed by atoms with Gasteiger partial charge in [-0.25, -0.2) is 4.39 Å². The Kier molecular flexibility index (Phi) is 4.69. The Morgan fingerprint density at radius 3 is 2.45 bits per heavy atom. The van der Waals surface area contributed by atoms with Gasteiger partial charge in [0.1, 0.15) is 10.8 Å². The first-order valence-electron chi connectivity index (χ1n) is 6.50. The summed E-state index contributed by atoms with van der Waals surface area (Å²) in [5.74, 6) is -0.273. The second-order valence-electron chi connectivity index (χ2n) is 4.52. The van der Waals surface area contributed by atoms with Crippen molar-refractivity contribution in [2.45, 2.75) is 13.5 Å². The molecule has 0 atom stereocenters. The van der Waals surface area contributed by atoms with Crippen molar-refractivity contribution in [2.75, 3.05) is 11.4 Å².